The third kappa shape index (κ3) is 3.88. The molecule has 0 heterocycles. The molecule has 0 N–H and O–H groups in total. The van der Waals surface area contributed by atoms with Gasteiger partial charge in [-0.05, 0) is 37.5 Å². The van der Waals surface area contributed by atoms with Crippen LogP contribution in [0.5, 0.6) is 0 Å². The van der Waals surface area contributed by atoms with Crippen molar-refractivity contribution in [2.75, 3.05) is 0 Å². The molecule has 7 heteroatoms. The molecule has 6 nitrogen and oxygen atoms in total. The van der Waals surface area contributed by atoms with E-state index in [4.69, 9.17) is 4.18 Å². The lowest BCUT2D eigenvalue weighted by molar-refractivity contribution is -0.384. The molecule has 1 saturated carbocycles. The Labute approximate surface area is 146 Å². The van der Waals surface area contributed by atoms with Crippen LogP contribution in [0.3, 0.4) is 0 Å². The van der Waals surface area contributed by atoms with Gasteiger partial charge in [0.2, 0.25) is 0 Å². The molecule has 3 rings (SSSR count). The smallest absolute Gasteiger partial charge is 0.262 e. The maximum atomic E-state index is 12.5. The van der Waals surface area contributed by atoms with Gasteiger partial charge in [-0.2, -0.15) is 8.42 Å². The Kier molecular flexibility index (Phi) is 4.87. The van der Waals surface area contributed by atoms with Crippen LogP contribution in [0.1, 0.15) is 36.3 Å². The van der Waals surface area contributed by atoms with Crippen molar-refractivity contribution in [2.45, 2.75) is 43.1 Å². The Morgan fingerprint density at radius 3 is 2.28 bits per heavy atom. The first-order chi connectivity index (χ1) is 11.9. The predicted octanol–water partition coefficient (Wildman–Crippen LogP) is 3.94. The molecule has 1 aliphatic carbocycles. The van der Waals surface area contributed by atoms with Crippen molar-refractivity contribution < 1.29 is 17.5 Å². The monoisotopic (exact) mass is 361 g/mol. The lowest BCUT2D eigenvalue weighted by Gasteiger charge is -2.20. The molecule has 2 aromatic rings. The van der Waals surface area contributed by atoms with Gasteiger partial charge in [-0.25, -0.2) is 0 Å². The number of hydrogen-bond donors (Lipinski definition) is 0. The van der Waals surface area contributed by atoms with Gasteiger partial charge in [0.1, 0.15) is 0 Å². The van der Waals surface area contributed by atoms with Gasteiger partial charge in [0.05, 0.1) is 15.9 Å². The Balaban J connectivity index is 1.79. The summed E-state index contributed by atoms with van der Waals surface area (Å²) >= 11 is 0. The van der Waals surface area contributed by atoms with Crippen molar-refractivity contribution in [1.82, 2.24) is 0 Å². The maximum absolute atomic E-state index is 12.5. The standard InChI is InChI=1S/C18H19NO5S/c1-13-5-11-16(12-6-13)25(22,23)24-18-4-2-3-17(18)14-7-9-15(10-8-14)19(20)21/h5-12,17-18H,2-4H2,1H3/t17-,18-/m1/s1. The molecule has 25 heavy (non-hydrogen) atoms. The number of nitro benzene ring substituents is 1. The summed E-state index contributed by atoms with van der Waals surface area (Å²) in [4.78, 5) is 10.5. The zero-order chi connectivity index (χ0) is 18.0. The van der Waals surface area contributed by atoms with Gasteiger partial charge in [0, 0.05) is 18.1 Å². The van der Waals surface area contributed by atoms with E-state index in [0.29, 0.717) is 6.42 Å². The van der Waals surface area contributed by atoms with Crippen molar-refractivity contribution >= 4 is 15.8 Å². The van der Waals surface area contributed by atoms with Crippen LogP contribution in [0, 0.1) is 17.0 Å². The van der Waals surface area contributed by atoms with Gasteiger partial charge in [0.25, 0.3) is 15.8 Å². The van der Waals surface area contributed by atoms with Crippen molar-refractivity contribution in [3.05, 3.63) is 69.8 Å². The second-order valence-electron chi connectivity index (χ2n) is 6.29. The topological polar surface area (TPSA) is 86.5 Å². The summed E-state index contributed by atoms with van der Waals surface area (Å²) in [6, 6.07) is 12.8. The Morgan fingerprint density at radius 1 is 1.04 bits per heavy atom. The van der Waals surface area contributed by atoms with Crippen LogP contribution in [-0.2, 0) is 14.3 Å². The summed E-state index contributed by atoms with van der Waals surface area (Å²) in [5.41, 5.74) is 1.86. The molecule has 132 valence electrons. The minimum atomic E-state index is -3.83. The molecule has 0 aliphatic heterocycles. The van der Waals surface area contributed by atoms with Crippen LogP contribution in [0.4, 0.5) is 5.69 Å². The van der Waals surface area contributed by atoms with E-state index in [1.54, 1.807) is 36.4 Å². The molecular weight excluding hydrogens is 342 g/mol. The van der Waals surface area contributed by atoms with Gasteiger partial charge in [-0.15, -0.1) is 0 Å². The van der Waals surface area contributed by atoms with E-state index >= 15 is 0 Å². The zero-order valence-electron chi connectivity index (χ0n) is 13.8. The Morgan fingerprint density at radius 2 is 1.68 bits per heavy atom. The van der Waals surface area contributed by atoms with E-state index in [9.17, 15) is 18.5 Å². The Bertz CT molecular complexity index is 859. The minimum absolute atomic E-state index is 0.0199. The fourth-order valence-corrected chi connectivity index (χ4v) is 4.33. The molecule has 1 aliphatic rings. The highest BCUT2D eigenvalue weighted by Crippen LogP contribution is 2.38. The third-order valence-electron chi connectivity index (χ3n) is 4.54. The molecule has 2 atom stereocenters. The second-order valence-corrected chi connectivity index (χ2v) is 7.86. The molecule has 1 fully saturated rings. The SMILES string of the molecule is Cc1ccc(S(=O)(=O)O[C@@H]2CCC[C@@H]2c2ccc([N+](=O)[O-])cc2)cc1. The minimum Gasteiger partial charge on any atom is -0.262 e. The normalized spacial score (nSPS) is 20.5. The lowest BCUT2D eigenvalue weighted by atomic mass is 9.96. The largest absolute Gasteiger partial charge is 0.297 e. The van der Waals surface area contributed by atoms with Crippen LogP contribution in [-0.4, -0.2) is 19.4 Å². The quantitative estimate of drug-likeness (QED) is 0.457. The molecule has 0 amide bonds. The first kappa shape index (κ1) is 17.6. The molecule has 0 bridgehead atoms. The highest BCUT2D eigenvalue weighted by Gasteiger charge is 2.34. The van der Waals surface area contributed by atoms with Crippen LogP contribution < -0.4 is 0 Å². The van der Waals surface area contributed by atoms with Crippen LogP contribution in [0.25, 0.3) is 0 Å². The van der Waals surface area contributed by atoms with Gasteiger partial charge >= 0.3 is 0 Å². The zero-order valence-corrected chi connectivity index (χ0v) is 14.6. The Hall–Kier alpha value is -2.25. The molecule has 0 saturated heterocycles. The summed E-state index contributed by atoms with van der Waals surface area (Å²) in [6.07, 6.45) is 1.85. The molecule has 0 aromatic heterocycles. The summed E-state index contributed by atoms with van der Waals surface area (Å²) in [5, 5.41) is 10.8. The van der Waals surface area contributed by atoms with Crippen molar-refractivity contribution in [3.63, 3.8) is 0 Å². The first-order valence-corrected chi connectivity index (χ1v) is 9.52. The summed E-state index contributed by atoms with van der Waals surface area (Å²) < 4.78 is 30.5. The summed E-state index contributed by atoms with van der Waals surface area (Å²) in [5.74, 6) is -0.0824. The van der Waals surface area contributed by atoms with Crippen molar-refractivity contribution in [1.29, 1.82) is 0 Å². The number of rotatable bonds is 5. The van der Waals surface area contributed by atoms with E-state index in [1.165, 1.54) is 12.1 Å². The molecular formula is C18H19NO5S. The van der Waals surface area contributed by atoms with Crippen LogP contribution >= 0.6 is 0 Å². The average Bonchev–Trinajstić information content (AvgIpc) is 3.02. The molecule has 2 aromatic carbocycles. The third-order valence-corrected chi connectivity index (χ3v) is 5.89. The summed E-state index contributed by atoms with van der Waals surface area (Å²) in [6.45, 7) is 1.89. The molecule has 0 radical (unpaired) electrons. The number of aryl methyl sites for hydroxylation is 1. The van der Waals surface area contributed by atoms with E-state index in [0.717, 1.165) is 24.0 Å². The number of non-ortho nitro benzene ring substituents is 1. The van der Waals surface area contributed by atoms with E-state index in [1.807, 2.05) is 6.92 Å². The van der Waals surface area contributed by atoms with Crippen molar-refractivity contribution in [2.24, 2.45) is 0 Å². The van der Waals surface area contributed by atoms with Gasteiger partial charge in [-0.1, -0.05) is 36.2 Å². The number of nitrogens with zero attached hydrogens (tertiary/aromatic N) is 1. The van der Waals surface area contributed by atoms with Crippen LogP contribution in [0.15, 0.2) is 53.4 Å². The molecule has 0 unspecified atom stereocenters. The van der Waals surface area contributed by atoms with Gasteiger partial charge in [-0.3, -0.25) is 14.3 Å². The highest BCUT2D eigenvalue weighted by molar-refractivity contribution is 7.86. The maximum Gasteiger partial charge on any atom is 0.297 e. The number of nitro groups is 1. The summed E-state index contributed by atoms with van der Waals surface area (Å²) in [7, 11) is -3.83. The second kappa shape index (κ2) is 6.93. The van der Waals surface area contributed by atoms with Gasteiger partial charge in [0.15, 0.2) is 0 Å². The highest BCUT2D eigenvalue weighted by atomic mass is 32.2. The molecule has 0 spiro atoms. The van der Waals surface area contributed by atoms with E-state index in [2.05, 4.69) is 0 Å². The number of benzene rings is 2. The average molecular weight is 361 g/mol. The number of hydrogen-bond acceptors (Lipinski definition) is 5. The van der Waals surface area contributed by atoms with Crippen LogP contribution in [0.2, 0.25) is 0 Å². The first-order valence-electron chi connectivity index (χ1n) is 8.11. The predicted molar refractivity (Wildman–Crippen MR) is 92.9 cm³/mol. The fraction of sp³-hybridized carbons (Fsp3) is 0.333. The fourth-order valence-electron chi connectivity index (χ4n) is 3.19. The van der Waals surface area contributed by atoms with E-state index in [-0.39, 0.29) is 16.5 Å². The van der Waals surface area contributed by atoms with Crippen molar-refractivity contribution in [3.8, 4) is 0 Å². The van der Waals surface area contributed by atoms with E-state index < -0.39 is 21.1 Å². The van der Waals surface area contributed by atoms with Gasteiger partial charge < -0.3 is 0 Å². The lowest BCUT2D eigenvalue weighted by Crippen LogP contribution is -2.21.